The topological polar surface area (TPSA) is 43.7 Å². The Morgan fingerprint density at radius 3 is 2.82 bits per heavy atom. The maximum Gasteiger partial charge on any atom is 0.128 e. The number of aliphatic hydroxyl groups is 2. The molecule has 0 amide bonds. The molecule has 0 bridgehead atoms. The summed E-state index contributed by atoms with van der Waals surface area (Å²) in [5, 5.41) is 18.5. The van der Waals surface area contributed by atoms with Gasteiger partial charge in [-0.3, -0.25) is 4.90 Å². The Kier molecular flexibility index (Phi) is 3.71. The number of hydrogen-bond donors (Lipinski definition) is 2. The van der Waals surface area contributed by atoms with E-state index in [4.69, 9.17) is 5.11 Å². The van der Waals surface area contributed by atoms with Crippen LogP contribution in [0.25, 0.3) is 0 Å². The summed E-state index contributed by atoms with van der Waals surface area (Å²) in [5.41, 5.74) is 0.245. The lowest BCUT2D eigenvalue weighted by Crippen LogP contribution is -2.28. The summed E-state index contributed by atoms with van der Waals surface area (Å²) in [5.74, 6) is -0.972. The largest absolute Gasteiger partial charge is 0.395 e. The predicted molar refractivity (Wildman–Crippen MR) is 58.4 cm³/mol. The van der Waals surface area contributed by atoms with Crippen molar-refractivity contribution in [3.05, 3.63) is 35.4 Å². The van der Waals surface area contributed by atoms with Crippen molar-refractivity contribution in [1.82, 2.24) is 4.90 Å². The van der Waals surface area contributed by atoms with E-state index in [9.17, 15) is 13.9 Å². The van der Waals surface area contributed by atoms with Crippen molar-refractivity contribution in [2.75, 3.05) is 19.7 Å². The van der Waals surface area contributed by atoms with Gasteiger partial charge in [0.2, 0.25) is 0 Å². The Hall–Kier alpha value is -1.04. The highest BCUT2D eigenvalue weighted by atomic mass is 19.1. The van der Waals surface area contributed by atoms with Crippen LogP contribution in [-0.4, -0.2) is 40.9 Å². The molecule has 1 aromatic carbocycles. The first-order valence-corrected chi connectivity index (χ1v) is 5.59. The van der Waals surface area contributed by atoms with E-state index >= 15 is 0 Å². The molecule has 0 saturated carbocycles. The van der Waals surface area contributed by atoms with Crippen molar-refractivity contribution < 1.29 is 19.0 Å². The van der Waals surface area contributed by atoms with E-state index < -0.39 is 17.7 Å². The fourth-order valence-corrected chi connectivity index (χ4v) is 2.35. The maximum atomic E-state index is 13.6. The number of halogens is 2. The van der Waals surface area contributed by atoms with E-state index in [0.29, 0.717) is 19.5 Å². The standard InChI is InChI=1S/C12H15F2NO2/c13-8-1-2-11(14)10(5-8)12-6-9(17)7-15(12)3-4-16/h1-2,5,9,12,16-17H,3-4,6-7H2/t9-,12-/m0/s1. The molecule has 0 aromatic heterocycles. The first-order valence-electron chi connectivity index (χ1n) is 5.59. The SMILES string of the molecule is OCCN1C[C@@H](O)C[C@H]1c1cc(F)ccc1F. The molecule has 1 aliphatic heterocycles. The predicted octanol–water partition coefficient (Wildman–Crippen LogP) is 1.06. The van der Waals surface area contributed by atoms with E-state index in [2.05, 4.69) is 0 Å². The molecule has 0 radical (unpaired) electrons. The van der Waals surface area contributed by atoms with Gasteiger partial charge in [-0.05, 0) is 24.6 Å². The van der Waals surface area contributed by atoms with Crippen LogP contribution in [0.15, 0.2) is 18.2 Å². The monoisotopic (exact) mass is 243 g/mol. The van der Waals surface area contributed by atoms with Crippen LogP contribution in [-0.2, 0) is 0 Å². The molecular formula is C12H15F2NO2. The molecular weight excluding hydrogens is 228 g/mol. The van der Waals surface area contributed by atoms with Gasteiger partial charge in [0, 0.05) is 24.7 Å². The van der Waals surface area contributed by atoms with Crippen LogP contribution in [0.2, 0.25) is 0 Å². The molecule has 3 nitrogen and oxygen atoms in total. The number of benzene rings is 1. The van der Waals surface area contributed by atoms with Crippen molar-refractivity contribution in [3.63, 3.8) is 0 Å². The summed E-state index contributed by atoms with van der Waals surface area (Å²) in [6.07, 6.45) is -0.199. The third-order valence-electron chi connectivity index (χ3n) is 3.09. The van der Waals surface area contributed by atoms with Crippen molar-refractivity contribution >= 4 is 0 Å². The van der Waals surface area contributed by atoms with Crippen LogP contribution in [0, 0.1) is 11.6 Å². The molecule has 5 heteroatoms. The third kappa shape index (κ3) is 2.62. The zero-order valence-corrected chi connectivity index (χ0v) is 9.31. The Labute approximate surface area is 98.3 Å². The second kappa shape index (κ2) is 5.08. The quantitative estimate of drug-likeness (QED) is 0.834. The molecule has 1 fully saturated rings. The van der Waals surface area contributed by atoms with E-state index in [1.807, 2.05) is 0 Å². The van der Waals surface area contributed by atoms with Gasteiger partial charge in [-0.25, -0.2) is 8.78 Å². The second-order valence-corrected chi connectivity index (χ2v) is 4.29. The average molecular weight is 243 g/mol. The van der Waals surface area contributed by atoms with Gasteiger partial charge in [0.15, 0.2) is 0 Å². The van der Waals surface area contributed by atoms with E-state index in [-0.39, 0.29) is 18.2 Å². The van der Waals surface area contributed by atoms with Crippen molar-refractivity contribution in [1.29, 1.82) is 0 Å². The van der Waals surface area contributed by atoms with Gasteiger partial charge in [0.25, 0.3) is 0 Å². The molecule has 0 aliphatic carbocycles. The van der Waals surface area contributed by atoms with Crippen LogP contribution < -0.4 is 0 Å². The molecule has 2 N–H and O–H groups in total. The fourth-order valence-electron chi connectivity index (χ4n) is 2.35. The summed E-state index contributed by atoms with van der Waals surface area (Å²) in [6, 6.07) is 2.95. The minimum Gasteiger partial charge on any atom is -0.395 e. The summed E-state index contributed by atoms with van der Waals surface area (Å²) in [7, 11) is 0. The van der Waals surface area contributed by atoms with Gasteiger partial charge in [-0.2, -0.15) is 0 Å². The normalized spacial score (nSPS) is 25.4. The van der Waals surface area contributed by atoms with Gasteiger partial charge < -0.3 is 10.2 Å². The lowest BCUT2D eigenvalue weighted by Gasteiger charge is -2.23. The minimum absolute atomic E-state index is 0.0693. The number of hydrogen-bond acceptors (Lipinski definition) is 3. The van der Waals surface area contributed by atoms with Crippen molar-refractivity contribution in [2.45, 2.75) is 18.6 Å². The molecule has 0 spiro atoms. The van der Waals surface area contributed by atoms with Gasteiger partial charge in [0.1, 0.15) is 11.6 Å². The van der Waals surface area contributed by atoms with Crippen LogP contribution >= 0.6 is 0 Å². The number of β-amino-alcohol motifs (C(OH)–C–C–N with tert-alkyl or cyclic N) is 2. The number of likely N-dealkylation sites (tertiary alicyclic amines) is 1. The van der Waals surface area contributed by atoms with Crippen LogP contribution in [0.1, 0.15) is 18.0 Å². The lowest BCUT2D eigenvalue weighted by atomic mass is 10.0. The summed E-state index contributed by atoms with van der Waals surface area (Å²) in [6.45, 7) is 0.652. The first kappa shape index (κ1) is 12.4. The van der Waals surface area contributed by atoms with Gasteiger partial charge in [-0.1, -0.05) is 0 Å². The Morgan fingerprint density at radius 1 is 1.35 bits per heavy atom. The molecule has 2 atom stereocenters. The van der Waals surface area contributed by atoms with Gasteiger partial charge >= 0.3 is 0 Å². The van der Waals surface area contributed by atoms with Gasteiger partial charge in [-0.15, -0.1) is 0 Å². The summed E-state index contributed by atoms with van der Waals surface area (Å²) < 4.78 is 26.7. The fraction of sp³-hybridized carbons (Fsp3) is 0.500. The van der Waals surface area contributed by atoms with E-state index in [1.165, 1.54) is 0 Å². The number of rotatable bonds is 3. The molecule has 17 heavy (non-hydrogen) atoms. The molecule has 2 rings (SSSR count). The highest BCUT2D eigenvalue weighted by molar-refractivity contribution is 5.23. The summed E-state index contributed by atoms with van der Waals surface area (Å²) in [4.78, 5) is 1.77. The first-order chi connectivity index (χ1) is 8.11. The van der Waals surface area contributed by atoms with Crippen LogP contribution in [0.5, 0.6) is 0 Å². The lowest BCUT2D eigenvalue weighted by molar-refractivity contribution is 0.156. The minimum atomic E-state index is -0.561. The molecule has 1 aromatic rings. The highest BCUT2D eigenvalue weighted by Gasteiger charge is 2.33. The molecule has 1 aliphatic rings. The zero-order valence-electron chi connectivity index (χ0n) is 9.31. The van der Waals surface area contributed by atoms with E-state index in [1.54, 1.807) is 4.90 Å². The Bertz CT molecular complexity index is 400. The molecule has 0 unspecified atom stereocenters. The third-order valence-corrected chi connectivity index (χ3v) is 3.09. The number of aliphatic hydroxyl groups excluding tert-OH is 2. The summed E-state index contributed by atoms with van der Waals surface area (Å²) >= 11 is 0. The molecule has 94 valence electrons. The Morgan fingerprint density at radius 2 is 2.12 bits per heavy atom. The zero-order chi connectivity index (χ0) is 12.4. The maximum absolute atomic E-state index is 13.6. The van der Waals surface area contributed by atoms with Crippen LogP contribution in [0.4, 0.5) is 8.78 Å². The van der Waals surface area contributed by atoms with Crippen molar-refractivity contribution in [3.8, 4) is 0 Å². The Balaban J connectivity index is 2.27. The number of nitrogens with zero attached hydrogens (tertiary/aromatic N) is 1. The average Bonchev–Trinajstić information content (AvgIpc) is 2.64. The van der Waals surface area contributed by atoms with E-state index in [0.717, 1.165) is 18.2 Å². The van der Waals surface area contributed by atoms with Crippen molar-refractivity contribution in [2.24, 2.45) is 0 Å². The smallest absolute Gasteiger partial charge is 0.128 e. The molecule has 1 heterocycles. The van der Waals surface area contributed by atoms with Gasteiger partial charge in [0.05, 0.1) is 12.7 Å². The van der Waals surface area contributed by atoms with Crippen LogP contribution in [0.3, 0.4) is 0 Å². The highest BCUT2D eigenvalue weighted by Crippen LogP contribution is 2.33. The molecule has 1 saturated heterocycles. The second-order valence-electron chi connectivity index (χ2n) is 4.29.